The lowest BCUT2D eigenvalue weighted by atomic mass is 10.3. The van der Waals surface area contributed by atoms with Crippen LogP contribution < -0.4 is 5.73 Å². The first-order chi connectivity index (χ1) is 12.5. The quantitative estimate of drug-likeness (QED) is 0.235. The number of benzene rings is 1. The molecule has 0 unspecified atom stereocenters. The molecule has 134 valence electrons. The summed E-state index contributed by atoms with van der Waals surface area (Å²) in [5.41, 5.74) is 7.27. The smallest absolute Gasteiger partial charge is 0.213 e. The van der Waals surface area contributed by atoms with Crippen molar-refractivity contribution in [1.29, 1.82) is 0 Å². The third kappa shape index (κ3) is 4.12. The lowest BCUT2D eigenvalue weighted by molar-refractivity contribution is 0.398. The van der Waals surface area contributed by atoms with E-state index in [1.165, 1.54) is 10.6 Å². The molecular formula is C17H15BrN4O2S2. The summed E-state index contributed by atoms with van der Waals surface area (Å²) in [6.07, 6.45) is 0. The fraction of sp³-hybridized carbons (Fsp3) is 0.0588. The SMILES string of the molecule is C/C(=N\N=C(/N)Sc1cc(O)n(-c2ccc(Br)cc2)c1O)c1cccs1. The molecule has 0 fully saturated rings. The van der Waals surface area contributed by atoms with Crippen molar-refractivity contribution in [3.8, 4) is 17.4 Å². The molecule has 9 heteroatoms. The Balaban J connectivity index is 1.82. The minimum atomic E-state index is -0.119. The van der Waals surface area contributed by atoms with Gasteiger partial charge in [-0.1, -0.05) is 22.0 Å². The summed E-state index contributed by atoms with van der Waals surface area (Å²) >= 11 is 5.95. The minimum absolute atomic E-state index is 0.0987. The zero-order chi connectivity index (χ0) is 18.7. The van der Waals surface area contributed by atoms with E-state index in [4.69, 9.17) is 5.73 Å². The second-order valence-corrected chi connectivity index (χ2v) is 8.13. The van der Waals surface area contributed by atoms with Crippen molar-refractivity contribution in [1.82, 2.24) is 4.57 Å². The van der Waals surface area contributed by atoms with Gasteiger partial charge in [-0.3, -0.25) is 4.57 Å². The fourth-order valence-corrected chi connectivity index (χ4v) is 3.77. The number of aromatic hydroxyl groups is 2. The molecule has 4 N–H and O–H groups in total. The van der Waals surface area contributed by atoms with Crippen LogP contribution in [0.2, 0.25) is 0 Å². The van der Waals surface area contributed by atoms with Gasteiger partial charge in [0.2, 0.25) is 5.88 Å². The number of hydrogen-bond acceptors (Lipinski definition) is 6. The molecule has 0 saturated carbocycles. The molecule has 0 aliphatic heterocycles. The first kappa shape index (κ1) is 18.6. The van der Waals surface area contributed by atoms with Crippen molar-refractivity contribution in [2.24, 2.45) is 15.9 Å². The number of thiophene rings is 1. The highest BCUT2D eigenvalue weighted by atomic mass is 79.9. The number of nitrogens with two attached hydrogens (primary N) is 1. The summed E-state index contributed by atoms with van der Waals surface area (Å²) in [5, 5.41) is 30.8. The Bertz CT molecular complexity index is 964. The molecule has 0 saturated heterocycles. The Morgan fingerprint density at radius 3 is 2.58 bits per heavy atom. The molecule has 6 nitrogen and oxygen atoms in total. The Morgan fingerprint density at radius 2 is 1.92 bits per heavy atom. The Labute approximate surface area is 166 Å². The number of thioether (sulfide) groups is 1. The molecule has 2 heterocycles. The van der Waals surface area contributed by atoms with Gasteiger partial charge in [0.15, 0.2) is 11.0 Å². The van der Waals surface area contributed by atoms with Crippen LogP contribution in [0.5, 0.6) is 11.8 Å². The number of nitrogens with zero attached hydrogens (tertiary/aromatic N) is 3. The normalized spacial score (nSPS) is 12.5. The molecule has 0 bridgehead atoms. The summed E-state index contributed by atoms with van der Waals surface area (Å²) in [6, 6.07) is 12.5. The van der Waals surface area contributed by atoms with Crippen molar-refractivity contribution < 1.29 is 10.2 Å². The Hall–Kier alpha value is -2.23. The van der Waals surface area contributed by atoms with Crippen LogP contribution in [0.25, 0.3) is 5.69 Å². The topological polar surface area (TPSA) is 96.1 Å². The molecule has 0 atom stereocenters. The molecule has 3 aromatic rings. The Morgan fingerprint density at radius 1 is 1.19 bits per heavy atom. The van der Waals surface area contributed by atoms with Crippen molar-refractivity contribution in [3.63, 3.8) is 0 Å². The average molecular weight is 451 g/mol. The predicted octanol–water partition coefficient (Wildman–Crippen LogP) is 4.54. The number of aromatic nitrogens is 1. The molecule has 3 rings (SSSR count). The van der Waals surface area contributed by atoms with E-state index in [9.17, 15) is 10.2 Å². The van der Waals surface area contributed by atoms with Crippen LogP contribution in [-0.2, 0) is 0 Å². The second kappa shape index (κ2) is 7.98. The number of rotatable bonds is 4. The van der Waals surface area contributed by atoms with Crippen molar-refractivity contribution in [3.05, 3.63) is 57.2 Å². The van der Waals surface area contributed by atoms with E-state index in [0.29, 0.717) is 10.6 Å². The van der Waals surface area contributed by atoms with E-state index in [2.05, 4.69) is 26.1 Å². The van der Waals surface area contributed by atoms with E-state index < -0.39 is 0 Å². The maximum atomic E-state index is 10.4. The van der Waals surface area contributed by atoms with Crippen LogP contribution in [0.1, 0.15) is 11.8 Å². The van der Waals surface area contributed by atoms with E-state index in [-0.39, 0.29) is 16.9 Å². The third-order valence-electron chi connectivity index (χ3n) is 3.40. The maximum absolute atomic E-state index is 10.4. The predicted molar refractivity (Wildman–Crippen MR) is 111 cm³/mol. The standard InChI is InChI=1S/C17H15BrN4O2S2/c1-10(13-3-2-8-25-13)20-21-17(19)26-14-9-15(23)22(16(14)24)12-6-4-11(18)5-7-12/h2-9,23-24H,1H3,(H2,19,21)/b20-10+. The molecule has 26 heavy (non-hydrogen) atoms. The second-order valence-electron chi connectivity index (χ2n) is 5.21. The van der Waals surface area contributed by atoms with Gasteiger partial charge in [-0.2, -0.15) is 5.10 Å². The number of hydrogen-bond donors (Lipinski definition) is 3. The van der Waals surface area contributed by atoms with Crippen molar-refractivity contribution >= 4 is 49.9 Å². The van der Waals surface area contributed by atoms with Gasteiger partial charge in [-0.25, -0.2) is 0 Å². The lowest BCUT2D eigenvalue weighted by Gasteiger charge is -2.07. The van der Waals surface area contributed by atoms with Crippen LogP contribution in [-0.4, -0.2) is 25.7 Å². The third-order valence-corrected chi connectivity index (χ3v) is 5.72. The van der Waals surface area contributed by atoms with Crippen LogP contribution >= 0.6 is 39.0 Å². The zero-order valence-electron chi connectivity index (χ0n) is 13.6. The highest BCUT2D eigenvalue weighted by Crippen LogP contribution is 2.38. The van der Waals surface area contributed by atoms with Crippen molar-refractivity contribution in [2.45, 2.75) is 11.8 Å². The van der Waals surface area contributed by atoms with Crippen LogP contribution in [0, 0.1) is 0 Å². The Kier molecular flexibility index (Phi) is 5.70. The highest BCUT2D eigenvalue weighted by molar-refractivity contribution is 9.10. The highest BCUT2D eigenvalue weighted by Gasteiger charge is 2.17. The largest absolute Gasteiger partial charge is 0.494 e. The van der Waals surface area contributed by atoms with Gasteiger partial charge in [-0.05, 0) is 54.4 Å². The van der Waals surface area contributed by atoms with E-state index >= 15 is 0 Å². The maximum Gasteiger partial charge on any atom is 0.213 e. The summed E-state index contributed by atoms with van der Waals surface area (Å²) in [7, 11) is 0. The molecule has 0 aliphatic rings. The number of halogens is 1. The van der Waals surface area contributed by atoms with Gasteiger partial charge >= 0.3 is 0 Å². The molecule has 0 amide bonds. The van der Waals surface area contributed by atoms with Gasteiger partial charge in [0.25, 0.3) is 0 Å². The van der Waals surface area contributed by atoms with E-state index in [1.807, 2.05) is 36.6 Å². The van der Waals surface area contributed by atoms with E-state index in [0.717, 1.165) is 26.8 Å². The van der Waals surface area contributed by atoms with Gasteiger partial charge in [0, 0.05) is 10.5 Å². The van der Waals surface area contributed by atoms with Gasteiger partial charge < -0.3 is 15.9 Å². The molecule has 0 spiro atoms. The summed E-state index contributed by atoms with van der Waals surface area (Å²) in [6.45, 7) is 1.85. The van der Waals surface area contributed by atoms with Gasteiger partial charge in [-0.15, -0.1) is 16.4 Å². The molecule has 0 radical (unpaired) electrons. The number of amidine groups is 1. The molecule has 0 aliphatic carbocycles. The summed E-state index contributed by atoms with van der Waals surface area (Å²) in [5.74, 6) is -0.217. The average Bonchev–Trinajstić information content (AvgIpc) is 3.23. The van der Waals surface area contributed by atoms with Crippen LogP contribution in [0.15, 0.2) is 67.4 Å². The van der Waals surface area contributed by atoms with Crippen LogP contribution in [0.3, 0.4) is 0 Å². The lowest BCUT2D eigenvalue weighted by Crippen LogP contribution is -2.05. The van der Waals surface area contributed by atoms with Gasteiger partial charge in [0.1, 0.15) is 0 Å². The summed E-state index contributed by atoms with van der Waals surface area (Å²) in [4.78, 5) is 1.39. The minimum Gasteiger partial charge on any atom is -0.494 e. The zero-order valence-corrected chi connectivity index (χ0v) is 16.8. The fourth-order valence-electron chi connectivity index (χ4n) is 2.18. The van der Waals surface area contributed by atoms with Gasteiger partial charge in [0.05, 0.1) is 21.2 Å². The van der Waals surface area contributed by atoms with E-state index in [1.54, 1.807) is 23.5 Å². The van der Waals surface area contributed by atoms with Crippen LogP contribution in [0.4, 0.5) is 0 Å². The monoisotopic (exact) mass is 450 g/mol. The first-order valence-corrected chi connectivity index (χ1v) is 9.93. The van der Waals surface area contributed by atoms with Crippen molar-refractivity contribution in [2.75, 3.05) is 0 Å². The first-order valence-electron chi connectivity index (χ1n) is 7.45. The molecular weight excluding hydrogens is 436 g/mol. The summed E-state index contributed by atoms with van der Waals surface area (Å²) < 4.78 is 2.22. The molecule has 1 aromatic carbocycles. The molecule has 2 aromatic heterocycles.